The van der Waals surface area contributed by atoms with E-state index < -0.39 is 17.8 Å². The largest absolute Gasteiger partial charge is 0.368 e. The van der Waals surface area contributed by atoms with E-state index in [0.29, 0.717) is 0 Å². The lowest BCUT2D eigenvalue weighted by molar-refractivity contribution is -0.120. The average molecular weight is 259 g/mol. The van der Waals surface area contributed by atoms with Gasteiger partial charge in [-0.05, 0) is 19.4 Å². The lowest BCUT2D eigenvalue weighted by Gasteiger charge is -2.21. The van der Waals surface area contributed by atoms with Crippen molar-refractivity contribution < 1.29 is 9.18 Å². The van der Waals surface area contributed by atoms with Gasteiger partial charge in [-0.25, -0.2) is 4.39 Å². The van der Waals surface area contributed by atoms with Gasteiger partial charge in [0.2, 0.25) is 5.91 Å². The van der Waals surface area contributed by atoms with Crippen LogP contribution in [-0.4, -0.2) is 11.9 Å². The van der Waals surface area contributed by atoms with Gasteiger partial charge in [-0.1, -0.05) is 30.7 Å². The Balaban J connectivity index is 3.06. The van der Waals surface area contributed by atoms with Gasteiger partial charge in [0, 0.05) is 11.6 Å². The second kappa shape index (κ2) is 5.98. The zero-order valence-electron chi connectivity index (χ0n) is 9.84. The SMILES string of the molecule is CCC(C)NC(C(N)=O)c1cccc(Cl)c1F. The third-order valence-corrected chi connectivity index (χ3v) is 2.93. The number of hydrogen-bond acceptors (Lipinski definition) is 2. The molecule has 1 aromatic carbocycles. The Bertz CT molecular complexity index is 411. The minimum Gasteiger partial charge on any atom is -0.368 e. The van der Waals surface area contributed by atoms with Crippen molar-refractivity contribution in [3.63, 3.8) is 0 Å². The van der Waals surface area contributed by atoms with Gasteiger partial charge in [0.15, 0.2) is 0 Å². The highest BCUT2D eigenvalue weighted by Crippen LogP contribution is 2.23. The number of rotatable bonds is 5. The van der Waals surface area contributed by atoms with Crippen molar-refractivity contribution >= 4 is 17.5 Å². The summed E-state index contributed by atoms with van der Waals surface area (Å²) in [5, 5.41) is 2.96. The highest BCUT2D eigenvalue weighted by atomic mass is 35.5. The first-order valence-corrected chi connectivity index (χ1v) is 5.84. The van der Waals surface area contributed by atoms with Crippen molar-refractivity contribution in [1.29, 1.82) is 0 Å². The molecule has 2 unspecified atom stereocenters. The van der Waals surface area contributed by atoms with Crippen LogP contribution in [0.25, 0.3) is 0 Å². The molecule has 17 heavy (non-hydrogen) atoms. The summed E-state index contributed by atoms with van der Waals surface area (Å²) in [4.78, 5) is 11.4. The molecule has 0 radical (unpaired) electrons. The van der Waals surface area contributed by atoms with Crippen molar-refractivity contribution in [2.24, 2.45) is 5.73 Å². The Morgan fingerprint density at radius 1 is 1.59 bits per heavy atom. The van der Waals surface area contributed by atoms with E-state index in [0.717, 1.165) is 6.42 Å². The van der Waals surface area contributed by atoms with Crippen LogP contribution in [0, 0.1) is 5.82 Å². The topological polar surface area (TPSA) is 55.1 Å². The zero-order valence-corrected chi connectivity index (χ0v) is 10.6. The second-order valence-corrected chi connectivity index (χ2v) is 4.36. The Labute approximate surface area is 105 Å². The molecule has 0 aliphatic carbocycles. The van der Waals surface area contributed by atoms with Crippen molar-refractivity contribution in [2.75, 3.05) is 0 Å². The van der Waals surface area contributed by atoms with Crippen molar-refractivity contribution in [3.8, 4) is 0 Å². The number of carbonyl (C=O) groups is 1. The molecule has 0 saturated heterocycles. The monoisotopic (exact) mass is 258 g/mol. The molecule has 0 aliphatic heterocycles. The maximum absolute atomic E-state index is 13.8. The van der Waals surface area contributed by atoms with Crippen LogP contribution < -0.4 is 11.1 Å². The quantitative estimate of drug-likeness (QED) is 0.852. The first-order valence-electron chi connectivity index (χ1n) is 5.46. The third kappa shape index (κ3) is 3.41. The van der Waals surface area contributed by atoms with E-state index in [1.54, 1.807) is 6.07 Å². The van der Waals surface area contributed by atoms with Crippen molar-refractivity contribution in [3.05, 3.63) is 34.6 Å². The molecule has 0 aromatic heterocycles. The molecule has 1 aromatic rings. The fourth-order valence-electron chi connectivity index (χ4n) is 1.47. The first kappa shape index (κ1) is 13.9. The Hall–Kier alpha value is -1.13. The van der Waals surface area contributed by atoms with Crippen LogP contribution in [0.5, 0.6) is 0 Å². The predicted molar refractivity (Wildman–Crippen MR) is 66.2 cm³/mol. The second-order valence-electron chi connectivity index (χ2n) is 3.95. The molecule has 0 fully saturated rings. The minimum absolute atomic E-state index is 0.0142. The molecule has 5 heteroatoms. The van der Waals surface area contributed by atoms with Crippen molar-refractivity contribution in [2.45, 2.75) is 32.4 Å². The van der Waals surface area contributed by atoms with Gasteiger partial charge in [-0.3, -0.25) is 10.1 Å². The molecule has 2 atom stereocenters. The van der Waals surface area contributed by atoms with Crippen LogP contribution >= 0.6 is 11.6 Å². The van der Waals surface area contributed by atoms with E-state index in [1.165, 1.54) is 12.1 Å². The molecule has 3 N–H and O–H groups in total. The molecule has 0 bridgehead atoms. The molecule has 3 nitrogen and oxygen atoms in total. The number of halogens is 2. The highest BCUT2D eigenvalue weighted by Gasteiger charge is 2.23. The summed E-state index contributed by atoms with van der Waals surface area (Å²) in [5.41, 5.74) is 5.46. The van der Waals surface area contributed by atoms with E-state index in [-0.39, 0.29) is 16.6 Å². The van der Waals surface area contributed by atoms with Gasteiger partial charge >= 0.3 is 0 Å². The van der Waals surface area contributed by atoms with Crippen LogP contribution in [0.3, 0.4) is 0 Å². The number of carbonyl (C=O) groups excluding carboxylic acids is 1. The fraction of sp³-hybridized carbons (Fsp3) is 0.417. The molecule has 0 heterocycles. The Kier molecular flexibility index (Phi) is 4.90. The molecule has 94 valence electrons. The molecule has 0 aliphatic rings. The summed E-state index contributed by atoms with van der Waals surface area (Å²) in [6.45, 7) is 3.86. The maximum atomic E-state index is 13.8. The third-order valence-electron chi connectivity index (χ3n) is 2.64. The summed E-state index contributed by atoms with van der Waals surface area (Å²) in [7, 11) is 0. The van der Waals surface area contributed by atoms with E-state index in [2.05, 4.69) is 5.32 Å². The molecule has 1 amide bonds. The summed E-state index contributed by atoms with van der Waals surface area (Å²) < 4.78 is 13.8. The summed E-state index contributed by atoms with van der Waals surface area (Å²) in [6, 6.07) is 3.73. The molecular formula is C12H16ClFN2O. The van der Waals surface area contributed by atoms with E-state index in [4.69, 9.17) is 17.3 Å². The number of amides is 1. The predicted octanol–water partition coefficient (Wildman–Crippen LogP) is 2.39. The summed E-state index contributed by atoms with van der Waals surface area (Å²) in [6.07, 6.45) is 0.811. The minimum atomic E-state index is -0.858. The van der Waals surface area contributed by atoms with Crippen LogP contribution in [-0.2, 0) is 4.79 Å². The first-order chi connectivity index (χ1) is 7.97. The van der Waals surface area contributed by atoms with E-state index in [1.807, 2.05) is 13.8 Å². The van der Waals surface area contributed by atoms with Gasteiger partial charge in [0.1, 0.15) is 11.9 Å². The Morgan fingerprint density at radius 2 is 2.24 bits per heavy atom. The lowest BCUT2D eigenvalue weighted by Crippen LogP contribution is -2.39. The molecule has 1 rings (SSSR count). The average Bonchev–Trinajstić information content (AvgIpc) is 2.29. The zero-order chi connectivity index (χ0) is 13.0. The van der Waals surface area contributed by atoms with Gasteiger partial charge in [0.25, 0.3) is 0 Å². The number of hydrogen-bond donors (Lipinski definition) is 2. The Morgan fingerprint density at radius 3 is 2.76 bits per heavy atom. The number of nitrogens with one attached hydrogen (secondary N) is 1. The van der Waals surface area contributed by atoms with Crippen LogP contribution in [0.2, 0.25) is 5.02 Å². The number of benzene rings is 1. The maximum Gasteiger partial charge on any atom is 0.239 e. The van der Waals surface area contributed by atoms with Crippen molar-refractivity contribution in [1.82, 2.24) is 5.32 Å². The van der Waals surface area contributed by atoms with Gasteiger partial charge in [-0.15, -0.1) is 0 Å². The fourth-order valence-corrected chi connectivity index (χ4v) is 1.65. The van der Waals surface area contributed by atoms with Crippen LogP contribution in [0.1, 0.15) is 31.9 Å². The van der Waals surface area contributed by atoms with Gasteiger partial charge in [0.05, 0.1) is 5.02 Å². The van der Waals surface area contributed by atoms with E-state index in [9.17, 15) is 9.18 Å². The number of nitrogens with two attached hydrogens (primary N) is 1. The van der Waals surface area contributed by atoms with Crippen LogP contribution in [0.4, 0.5) is 4.39 Å². The molecule has 0 spiro atoms. The standard InChI is InChI=1S/C12H16ClFN2O/c1-3-7(2)16-11(12(15)17)8-5-4-6-9(13)10(8)14/h4-7,11,16H,3H2,1-2H3,(H2,15,17). The van der Waals surface area contributed by atoms with Gasteiger partial charge in [-0.2, -0.15) is 0 Å². The van der Waals surface area contributed by atoms with Crippen LogP contribution in [0.15, 0.2) is 18.2 Å². The highest BCUT2D eigenvalue weighted by molar-refractivity contribution is 6.30. The summed E-state index contributed by atoms with van der Waals surface area (Å²) >= 11 is 5.68. The smallest absolute Gasteiger partial charge is 0.239 e. The summed E-state index contributed by atoms with van der Waals surface area (Å²) in [5.74, 6) is -1.22. The molecular weight excluding hydrogens is 243 g/mol. The lowest BCUT2D eigenvalue weighted by atomic mass is 10.0. The van der Waals surface area contributed by atoms with E-state index >= 15 is 0 Å². The van der Waals surface area contributed by atoms with Gasteiger partial charge < -0.3 is 5.73 Å². The molecule has 0 saturated carbocycles. The normalized spacial score (nSPS) is 14.4. The number of primary amides is 1.